The van der Waals surface area contributed by atoms with Crippen molar-refractivity contribution in [2.45, 2.75) is 20.3 Å². The van der Waals surface area contributed by atoms with Crippen LogP contribution in [0.2, 0.25) is 0 Å². The monoisotopic (exact) mass is 550 g/mol. The lowest BCUT2D eigenvalue weighted by Crippen LogP contribution is -2.46. The highest BCUT2D eigenvalue weighted by molar-refractivity contribution is 5.96. The molecule has 8 nitrogen and oxygen atoms in total. The maximum atomic E-state index is 14.4. The summed E-state index contributed by atoms with van der Waals surface area (Å²) in [6, 6.07) is 15.7. The van der Waals surface area contributed by atoms with Gasteiger partial charge in [0.1, 0.15) is 18.2 Å². The lowest BCUT2D eigenvalue weighted by atomic mass is 10.1. The van der Waals surface area contributed by atoms with Gasteiger partial charge in [-0.3, -0.25) is 9.59 Å². The van der Waals surface area contributed by atoms with Crippen LogP contribution < -0.4 is 4.90 Å². The largest absolute Gasteiger partial charge is 0.353 e. The minimum atomic E-state index is -0.593. The highest BCUT2D eigenvalue weighted by Crippen LogP contribution is 2.20. The normalized spacial score (nSPS) is 13.8. The highest BCUT2D eigenvalue weighted by atomic mass is 19.1. The molecule has 2 amide bonds. The molecule has 10 heteroatoms. The Bertz CT molecular complexity index is 1270. The van der Waals surface area contributed by atoms with Crippen molar-refractivity contribution in [3.8, 4) is 11.3 Å². The number of nitrogens with zero attached hydrogens (tertiary/aromatic N) is 6. The molecule has 0 N–H and O–H groups in total. The maximum absolute atomic E-state index is 14.4. The molecule has 3 aromatic rings. The van der Waals surface area contributed by atoms with Crippen molar-refractivity contribution < 1.29 is 18.4 Å². The van der Waals surface area contributed by atoms with Crippen LogP contribution in [0.5, 0.6) is 0 Å². The highest BCUT2D eigenvalue weighted by Gasteiger charge is 2.26. The number of hydrogen-bond donors (Lipinski definition) is 0. The molecule has 2 heterocycles. The number of hydrogen-bond acceptors (Lipinski definition) is 6. The summed E-state index contributed by atoms with van der Waals surface area (Å²) in [5.74, 6) is -0.837. The van der Waals surface area contributed by atoms with Crippen LogP contribution in [-0.2, 0) is 4.79 Å². The van der Waals surface area contributed by atoms with Crippen molar-refractivity contribution in [1.29, 1.82) is 0 Å². The van der Waals surface area contributed by atoms with E-state index in [2.05, 4.69) is 20.0 Å². The topological polar surface area (TPSA) is 72.9 Å². The maximum Gasteiger partial charge on any atom is 0.257 e. The predicted molar refractivity (Wildman–Crippen MR) is 151 cm³/mol. The van der Waals surface area contributed by atoms with Gasteiger partial charge in [0.25, 0.3) is 5.91 Å². The van der Waals surface area contributed by atoms with Crippen LogP contribution in [0.15, 0.2) is 60.7 Å². The van der Waals surface area contributed by atoms with Crippen molar-refractivity contribution in [2.75, 3.05) is 63.8 Å². The van der Waals surface area contributed by atoms with Crippen LogP contribution >= 0.6 is 0 Å². The number of rotatable bonds is 10. The summed E-state index contributed by atoms with van der Waals surface area (Å²) in [6.07, 6.45) is 0.730. The van der Waals surface area contributed by atoms with E-state index in [1.54, 1.807) is 29.2 Å². The van der Waals surface area contributed by atoms with E-state index in [0.717, 1.165) is 25.1 Å². The van der Waals surface area contributed by atoms with E-state index in [9.17, 15) is 18.4 Å². The number of likely N-dealkylation sites (N-methyl/N-ethyl adjacent to an activating group) is 1. The Kier molecular flexibility index (Phi) is 10.1. The van der Waals surface area contributed by atoms with Crippen LogP contribution in [0.3, 0.4) is 0 Å². The van der Waals surface area contributed by atoms with Crippen LogP contribution in [0.1, 0.15) is 30.6 Å². The molecular weight excluding hydrogens is 514 g/mol. The zero-order valence-corrected chi connectivity index (χ0v) is 23.1. The summed E-state index contributed by atoms with van der Waals surface area (Å²) in [5, 5.41) is 8.68. The van der Waals surface area contributed by atoms with Gasteiger partial charge in [0.05, 0.1) is 11.3 Å². The molecule has 4 rings (SSSR count). The third-order valence-corrected chi connectivity index (χ3v) is 7.26. The van der Waals surface area contributed by atoms with E-state index in [1.165, 1.54) is 29.2 Å². The molecule has 0 unspecified atom stereocenters. The number of carbonyl (C=O) groups excluding carboxylic acids is 2. The number of carbonyl (C=O) groups is 2. The molecule has 0 atom stereocenters. The van der Waals surface area contributed by atoms with Gasteiger partial charge in [-0.1, -0.05) is 26.0 Å². The quantitative estimate of drug-likeness (QED) is 0.381. The minimum Gasteiger partial charge on any atom is -0.353 e. The average molecular weight is 551 g/mol. The molecule has 2 aromatic carbocycles. The van der Waals surface area contributed by atoms with E-state index in [1.807, 2.05) is 26.0 Å². The van der Waals surface area contributed by atoms with Crippen molar-refractivity contribution in [3.05, 3.63) is 77.9 Å². The first-order valence-corrected chi connectivity index (χ1v) is 13.8. The molecule has 1 aromatic heterocycles. The molecule has 0 spiro atoms. The number of aromatic nitrogens is 2. The van der Waals surface area contributed by atoms with Gasteiger partial charge in [-0.2, -0.15) is 0 Å². The fourth-order valence-corrected chi connectivity index (χ4v) is 4.79. The van der Waals surface area contributed by atoms with Crippen molar-refractivity contribution in [2.24, 2.45) is 0 Å². The fourth-order valence-electron chi connectivity index (χ4n) is 4.79. The summed E-state index contributed by atoms with van der Waals surface area (Å²) in [5.41, 5.74) is 1.41. The minimum absolute atomic E-state index is 0.0282. The number of amides is 2. The van der Waals surface area contributed by atoms with Crippen LogP contribution in [0.4, 0.5) is 14.6 Å². The lowest BCUT2D eigenvalue weighted by Gasteiger charge is -2.29. The Morgan fingerprint density at radius 2 is 1.60 bits per heavy atom. The first-order valence-electron chi connectivity index (χ1n) is 13.8. The second kappa shape index (κ2) is 13.9. The molecular formula is C30H36F2N6O2. The molecule has 0 aliphatic carbocycles. The Labute approximate surface area is 234 Å². The van der Waals surface area contributed by atoms with E-state index in [-0.39, 0.29) is 23.8 Å². The molecule has 0 saturated carbocycles. The van der Waals surface area contributed by atoms with Gasteiger partial charge in [0, 0.05) is 44.8 Å². The van der Waals surface area contributed by atoms with E-state index in [4.69, 9.17) is 0 Å². The first-order chi connectivity index (χ1) is 19.4. The number of benzene rings is 2. The smallest absolute Gasteiger partial charge is 0.257 e. The van der Waals surface area contributed by atoms with Crippen molar-refractivity contribution >= 4 is 17.6 Å². The predicted octanol–water partition coefficient (Wildman–Crippen LogP) is 3.94. The van der Waals surface area contributed by atoms with Gasteiger partial charge in [-0.05, 0) is 68.0 Å². The second-order valence-corrected chi connectivity index (χ2v) is 9.74. The van der Waals surface area contributed by atoms with Crippen LogP contribution in [0, 0.1) is 11.6 Å². The molecule has 0 radical (unpaired) electrons. The second-order valence-electron chi connectivity index (χ2n) is 9.74. The van der Waals surface area contributed by atoms with Gasteiger partial charge < -0.3 is 19.6 Å². The lowest BCUT2D eigenvalue weighted by molar-refractivity contribution is -0.131. The number of anilines is 1. The van der Waals surface area contributed by atoms with E-state index < -0.39 is 11.7 Å². The third-order valence-electron chi connectivity index (χ3n) is 7.26. The third kappa shape index (κ3) is 7.38. The van der Waals surface area contributed by atoms with E-state index in [0.29, 0.717) is 50.8 Å². The molecule has 1 fully saturated rings. The Morgan fingerprint density at radius 1 is 0.850 bits per heavy atom. The van der Waals surface area contributed by atoms with Crippen molar-refractivity contribution in [1.82, 2.24) is 24.9 Å². The summed E-state index contributed by atoms with van der Waals surface area (Å²) in [6.45, 7) is 8.84. The molecule has 1 aliphatic rings. The van der Waals surface area contributed by atoms with Gasteiger partial charge in [-0.15, -0.1) is 10.2 Å². The van der Waals surface area contributed by atoms with Gasteiger partial charge in [0.2, 0.25) is 5.91 Å². The Hall–Kier alpha value is -3.92. The fraction of sp³-hybridized carbons (Fsp3) is 0.400. The summed E-state index contributed by atoms with van der Waals surface area (Å²) >= 11 is 0. The zero-order chi connectivity index (χ0) is 28.5. The Morgan fingerprint density at radius 3 is 2.27 bits per heavy atom. The standard InChI is InChI=1S/C30H36F2N6O2/c1-3-35(4-2)18-19-38(30(40)25-8-5-6-9-26(25)32)22-29(39)37-17-7-16-36(20-21-37)28-15-14-27(33-34-28)23-10-12-24(31)13-11-23/h5-6,8-15H,3-4,7,16-22H2,1-2H3. The molecule has 40 heavy (non-hydrogen) atoms. The van der Waals surface area contributed by atoms with Crippen LogP contribution in [0.25, 0.3) is 11.3 Å². The molecule has 1 saturated heterocycles. The average Bonchev–Trinajstić information content (AvgIpc) is 3.24. The van der Waals surface area contributed by atoms with Crippen LogP contribution in [-0.4, -0.2) is 95.6 Å². The summed E-state index contributed by atoms with van der Waals surface area (Å²) < 4.78 is 27.7. The molecule has 1 aliphatic heterocycles. The summed E-state index contributed by atoms with van der Waals surface area (Å²) in [7, 11) is 0. The van der Waals surface area contributed by atoms with Crippen molar-refractivity contribution in [3.63, 3.8) is 0 Å². The van der Waals surface area contributed by atoms with Gasteiger partial charge in [-0.25, -0.2) is 8.78 Å². The van der Waals surface area contributed by atoms with Gasteiger partial charge >= 0.3 is 0 Å². The Balaban J connectivity index is 1.40. The summed E-state index contributed by atoms with van der Waals surface area (Å²) in [4.78, 5) is 34.1. The SMILES string of the molecule is CCN(CC)CCN(CC(=O)N1CCCN(c2ccc(-c3ccc(F)cc3)nn2)CC1)C(=O)c1ccccc1F. The first kappa shape index (κ1) is 29.1. The number of halogens is 2. The van der Waals surface area contributed by atoms with Gasteiger partial charge in [0.15, 0.2) is 5.82 Å². The zero-order valence-electron chi connectivity index (χ0n) is 23.1. The molecule has 212 valence electrons. The van der Waals surface area contributed by atoms with E-state index >= 15 is 0 Å². The molecule has 0 bridgehead atoms.